The lowest BCUT2D eigenvalue weighted by Crippen LogP contribution is -2.34. The van der Waals surface area contributed by atoms with Crippen molar-refractivity contribution in [3.05, 3.63) is 50.7 Å². The highest BCUT2D eigenvalue weighted by Crippen LogP contribution is 2.31. The van der Waals surface area contributed by atoms with Crippen LogP contribution in [0.25, 0.3) is 0 Å². The Balaban J connectivity index is 2.03. The molecule has 0 aliphatic carbocycles. The van der Waals surface area contributed by atoms with Crippen molar-refractivity contribution in [2.24, 2.45) is 5.92 Å². The maximum atomic E-state index is 12.2. The van der Waals surface area contributed by atoms with Gasteiger partial charge in [0.05, 0.1) is 24.1 Å². The molecule has 0 saturated carbocycles. The third-order valence-electron chi connectivity index (χ3n) is 3.55. The summed E-state index contributed by atoms with van der Waals surface area (Å²) in [6.45, 7) is 3.72. The summed E-state index contributed by atoms with van der Waals surface area (Å²) in [7, 11) is 1.42. The highest BCUT2D eigenvalue weighted by atomic mass is 32.1. The van der Waals surface area contributed by atoms with E-state index in [-0.39, 0.29) is 35.9 Å². The van der Waals surface area contributed by atoms with E-state index in [1.165, 1.54) is 19.2 Å². The molecule has 0 aliphatic rings. The zero-order chi connectivity index (χ0) is 18.4. The van der Waals surface area contributed by atoms with Gasteiger partial charge in [0.15, 0.2) is 12.4 Å². The summed E-state index contributed by atoms with van der Waals surface area (Å²) < 4.78 is 10.3. The molecule has 8 heteroatoms. The van der Waals surface area contributed by atoms with E-state index in [9.17, 15) is 14.9 Å². The molecule has 7 nitrogen and oxygen atoms in total. The molecule has 2 rings (SSSR count). The molecular formula is C17H20N2O5S. The van der Waals surface area contributed by atoms with Crippen molar-refractivity contribution in [3.8, 4) is 11.5 Å². The minimum Gasteiger partial charge on any atom is -0.496 e. The number of hydrogen-bond acceptors (Lipinski definition) is 6. The summed E-state index contributed by atoms with van der Waals surface area (Å²) in [4.78, 5) is 23.8. The maximum Gasteiger partial charge on any atom is 0.314 e. The van der Waals surface area contributed by atoms with Gasteiger partial charge in [-0.1, -0.05) is 19.9 Å². The Morgan fingerprint density at radius 2 is 2.12 bits per heavy atom. The van der Waals surface area contributed by atoms with Gasteiger partial charge in [-0.25, -0.2) is 0 Å². The van der Waals surface area contributed by atoms with Gasteiger partial charge in [-0.15, -0.1) is 11.3 Å². The average Bonchev–Trinajstić information content (AvgIpc) is 3.11. The fourth-order valence-electron chi connectivity index (χ4n) is 2.28. The summed E-state index contributed by atoms with van der Waals surface area (Å²) in [5.41, 5.74) is -0.245. The predicted molar refractivity (Wildman–Crippen MR) is 95.2 cm³/mol. The molecule has 1 amide bonds. The summed E-state index contributed by atoms with van der Waals surface area (Å²) in [5.74, 6) is 0.245. The maximum absolute atomic E-state index is 12.2. The molecule has 134 valence electrons. The molecule has 1 N–H and O–H groups in total. The van der Waals surface area contributed by atoms with E-state index in [2.05, 4.69) is 5.32 Å². The smallest absolute Gasteiger partial charge is 0.314 e. The fraction of sp³-hybridized carbons (Fsp3) is 0.353. The Hall–Kier alpha value is -2.61. The Kier molecular flexibility index (Phi) is 6.35. The monoisotopic (exact) mass is 364 g/mol. The number of nitrogens with zero attached hydrogens (tertiary/aromatic N) is 1. The van der Waals surface area contributed by atoms with E-state index in [1.807, 2.05) is 31.4 Å². The van der Waals surface area contributed by atoms with E-state index in [0.717, 1.165) is 4.88 Å². The number of carbonyl (C=O) groups excluding carboxylic acids is 1. The molecule has 0 spiro atoms. The van der Waals surface area contributed by atoms with Crippen LogP contribution in [0.4, 0.5) is 5.69 Å². The summed E-state index contributed by atoms with van der Waals surface area (Å²) in [5, 5.41) is 16.0. The number of carbonyl (C=O) groups is 1. The first-order valence-electron chi connectivity index (χ1n) is 7.70. The molecule has 25 heavy (non-hydrogen) atoms. The van der Waals surface area contributed by atoms with Crippen LogP contribution < -0.4 is 14.8 Å². The van der Waals surface area contributed by atoms with Crippen molar-refractivity contribution in [2.45, 2.75) is 19.9 Å². The minimum atomic E-state index is -0.571. The van der Waals surface area contributed by atoms with E-state index < -0.39 is 4.92 Å². The highest BCUT2D eigenvalue weighted by Gasteiger charge is 2.21. The zero-order valence-electron chi connectivity index (χ0n) is 14.2. The normalized spacial score (nSPS) is 11.8. The molecule has 1 aromatic heterocycles. The van der Waals surface area contributed by atoms with Crippen LogP contribution in [0, 0.1) is 16.0 Å². The largest absolute Gasteiger partial charge is 0.496 e. The summed E-state index contributed by atoms with van der Waals surface area (Å²) in [6.07, 6.45) is 0. The van der Waals surface area contributed by atoms with Crippen molar-refractivity contribution in [2.75, 3.05) is 13.7 Å². The molecule has 2 aromatic rings. The van der Waals surface area contributed by atoms with Crippen molar-refractivity contribution in [3.63, 3.8) is 0 Å². The molecule has 0 radical (unpaired) electrons. The SMILES string of the molecule is COc1ccc(OCC(=O)NC(c2cccs2)C(C)C)c([N+](=O)[O-])c1. The first-order valence-corrected chi connectivity index (χ1v) is 8.58. The average molecular weight is 364 g/mol. The fourth-order valence-corrected chi connectivity index (χ4v) is 3.23. The molecule has 1 aromatic carbocycles. The lowest BCUT2D eigenvalue weighted by Gasteiger charge is -2.21. The van der Waals surface area contributed by atoms with Gasteiger partial charge in [-0.3, -0.25) is 14.9 Å². The highest BCUT2D eigenvalue weighted by molar-refractivity contribution is 7.10. The number of thiophene rings is 1. The number of nitro groups is 1. The lowest BCUT2D eigenvalue weighted by molar-refractivity contribution is -0.385. The number of hydrogen-bond donors (Lipinski definition) is 1. The third kappa shape index (κ3) is 4.93. The number of nitro benzene ring substituents is 1. The molecule has 0 bridgehead atoms. The molecule has 0 saturated heterocycles. The van der Waals surface area contributed by atoms with Gasteiger partial charge in [0.1, 0.15) is 5.75 Å². The molecule has 1 atom stereocenters. The second-order valence-electron chi connectivity index (χ2n) is 5.68. The Morgan fingerprint density at radius 3 is 2.68 bits per heavy atom. The molecular weight excluding hydrogens is 344 g/mol. The van der Waals surface area contributed by atoms with Gasteiger partial charge in [-0.2, -0.15) is 0 Å². The number of nitrogens with one attached hydrogen (secondary N) is 1. The van der Waals surface area contributed by atoms with Crippen molar-refractivity contribution in [1.29, 1.82) is 0 Å². The Morgan fingerprint density at radius 1 is 1.36 bits per heavy atom. The van der Waals surface area contributed by atoms with E-state index in [0.29, 0.717) is 5.75 Å². The van der Waals surface area contributed by atoms with Crippen molar-refractivity contribution in [1.82, 2.24) is 5.32 Å². The third-order valence-corrected chi connectivity index (χ3v) is 4.51. The van der Waals surface area contributed by atoms with Crippen molar-refractivity contribution >= 4 is 22.9 Å². The first kappa shape index (κ1) is 18.7. The number of methoxy groups -OCH3 is 1. The predicted octanol–water partition coefficient (Wildman–Crippen LogP) is 3.56. The van der Waals surface area contributed by atoms with Crippen LogP contribution in [-0.4, -0.2) is 24.5 Å². The molecule has 0 aliphatic heterocycles. The molecule has 1 heterocycles. The van der Waals surface area contributed by atoms with Crippen molar-refractivity contribution < 1.29 is 19.2 Å². The van der Waals surface area contributed by atoms with Crippen LogP contribution in [0.2, 0.25) is 0 Å². The van der Waals surface area contributed by atoms with Crippen LogP contribution in [0.3, 0.4) is 0 Å². The molecule has 0 fully saturated rings. The standard InChI is InChI=1S/C17H20N2O5S/c1-11(2)17(15-5-4-8-25-15)18-16(20)10-24-14-7-6-12(23-3)9-13(14)19(21)22/h4-9,11,17H,10H2,1-3H3,(H,18,20). The van der Waals surface area contributed by atoms with Crippen LogP contribution in [0.1, 0.15) is 24.8 Å². The number of ether oxygens (including phenoxy) is 2. The van der Waals surface area contributed by atoms with Gasteiger partial charge < -0.3 is 14.8 Å². The Labute approximate surface area is 149 Å². The van der Waals surface area contributed by atoms with Crippen LogP contribution in [-0.2, 0) is 4.79 Å². The van der Waals surface area contributed by atoms with E-state index >= 15 is 0 Å². The quantitative estimate of drug-likeness (QED) is 0.571. The topological polar surface area (TPSA) is 90.7 Å². The number of rotatable bonds is 8. The van der Waals surface area contributed by atoms with Gasteiger partial charge in [0.25, 0.3) is 5.91 Å². The van der Waals surface area contributed by atoms with Crippen LogP contribution >= 0.6 is 11.3 Å². The second kappa shape index (κ2) is 8.48. The van der Waals surface area contributed by atoms with Crippen LogP contribution in [0.5, 0.6) is 11.5 Å². The summed E-state index contributed by atoms with van der Waals surface area (Å²) >= 11 is 1.57. The number of amides is 1. The van der Waals surface area contributed by atoms with Gasteiger partial charge >= 0.3 is 5.69 Å². The Bertz CT molecular complexity index is 731. The van der Waals surface area contributed by atoms with E-state index in [1.54, 1.807) is 17.4 Å². The zero-order valence-corrected chi connectivity index (χ0v) is 15.0. The molecule has 1 unspecified atom stereocenters. The van der Waals surface area contributed by atoms with Gasteiger partial charge in [-0.05, 0) is 29.5 Å². The lowest BCUT2D eigenvalue weighted by atomic mass is 10.0. The van der Waals surface area contributed by atoms with Gasteiger partial charge in [0.2, 0.25) is 0 Å². The second-order valence-corrected chi connectivity index (χ2v) is 6.66. The van der Waals surface area contributed by atoms with Crippen LogP contribution in [0.15, 0.2) is 35.7 Å². The number of benzene rings is 1. The van der Waals surface area contributed by atoms with Gasteiger partial charge in [0, 0.05) is 4.88 Å². The van der Waals surface area contributed by atoms with E-state index in [4.69, 9.17) is 9.47 Å². The minimum absolute atomic E-state index is 0.0261. The summed E-state index contributed by atoms with van der Waals surface area (Å²) in [6, 6.07) is 7.99. The first-order chi connectivity index (χ1) is 11.9.